The third-order valence-corrected chi connectivity index (χ3v) is 2.21. The number of halogens is 3. The van der Waals surface area contributed by atoms with Gasteiger partial charge in [-0.25, -0.2) is 4.79 Å². The van der Waals surface area contributed by atoms with Gasteiger partial charge in [0.25, 0.3) is 0 Å². The lowest BCUT2D eigenvalue weighted by Gasteiger charge is -2.13. The number of hydrogen-bond donors (Lipinski definition) is 4. The Hall–Kier alpha value is -2.45. The second-order valence-corrected chi connectivity index (χ2v) is 3.45. The van der Waals surface area contributed by atoms with Gasteiger partial charge in [-0.15, -0.1) is 0 Å². The SMILES string of the molecule is CNC(=O)Nc1ccc(C(F)(F)F)cc1/C(N)=N/O. The van der Waals surface area contributed by atoms with Gasteiger partial charge in [0.2, 0.25) is 0 Å². The minimum Gasteiger partial charge on any atom is -0.409 e. The van der Waals surface area contributed by atoms with Crippen molar-refractivity contribution in [2.75, 3.05) is 12.4 Å². The molecule has 1 aromatic carbocycles. The standard InChI is InChI=1S/C10H11F3N4O2/c1-15-9(18)16-7-3-2-5(10(11,12)13)4-6(7)8(14)17-19/h2-4,19H,1H3,(H2,14,17)(H2,15,16,18). The number of benzene rings is 1. The average Bonchev–Trinajstić information content (AvgIpc) is 2.36. The third-order valence-electron chi connectivity index (χ3n) is 2.21. The number of carbonyl (C=O) groups excluding carboxylic acids is 1. The monoisotopic (exact) mass is 276 g/mol. The Bertz CT molecular complexity index is 514. The van der Waals surface area contributed by atoms with Crippen LogP contribution in [0.25, 0.3) is 0 Å². The van der Waals surface area contributed by atoms with Gasteiger partial charge in [-0.05, 0) is 18.2 Å². The van der Waals surface area contributed by atoms with Gasteiger partial charge < -0.3 is 21.6 Å². The number of amides is 2. The summed E-state index contributed by atoms with van der Waals surface area (Å²) in [6.45, 7) is 0. The highest BCUT2D eigenvalue weighted by molar-refractivity contribution is 6.05. The van der Waals surface area contributed by atoms with Crippen molar-refractivity contribution < 1.29 is 23.2 Å². The molecule has 0 aliphatic carbocycles. The molecule has 2 amide bonds. The van der Waals surface area contributed by atoms with E-state index in [9.17, 15) is 18.0 Å². The van der Waals surface area contributed by atoms with E-state index in [1.54, 1.807) is 0 Å². The number of rotatable bonds is 2. The first-order chi connectivity index (χ1) is 8.79. The highest BCUT2D eigenvalue weighted by Crippen LogP contribution is 2.31. The molecule has 0 atom stereocenters. The summed E-state index contributed by atoms with van der Waals surface area (Å²) in [5, 5.41) is 15.7. The molecule has 0 aliphatic heterocycles. The number of nitrogens with one attached hydrogen (secondary N) is 2. The Morgan fingerprint density at radius 2 is 2.05 bits per heavy atom. The van der Waals surface area contributed by atoms with Crippen LogP contribution in [-0.2, 0) is 6.18 Å². The van der Waals surface area contributed by atoms with Crippen LogP contribution in [0, 0.1) is 0 Å². The van der Waals surface area contributed by atoms with Gasteiger partial charge >= 0.3 is 12.2 Å². The van der Waals surface area contributed by atoms with Crippen molar-refractivity contribution in [1.29, 1.82) is 0 Å². The van der Waals surface area contributed by atoms with Crippen LogP contribution in [0.1, 0.15) is 11.1 Å². The van der Waals surface area contributed by atoms with E-state index in [4.69, 9.17) is 10.9 Å². The Labute approximate surface area is 106 Å². The number of oxime groups is 1. The lowest BCUT2D eigenvalue weighted by molar-refractivity contribution is -0.137. The highest BCUT2D eigenvalue weighted by Gasteiger charge is 2.31. The molecule has 0 heterocycles. The molecule has 5 N–H and O–H groups in total. The Kier molecular flexibility index (Phi) is 4.20. The molecule has 0 unspecified atom stereocenters. The Morgan fingerprint density at radius 1 is 1.42 bits per heavy atom. The maximum atomic E-state index is 12.6. The fourth-order valence-electron chi connectivity index (χ4n) is 1.28. The largest absolute Gasteiger partial charge is 0.416 e. The van der Waals surface area contributed by atoms with Crippen molar-refractivity contribution in [3.63, 3.8) is 0 Å². The number of anilines is 1. The zero-order valence-corrected chi connectivity index (χ0v) is 9.75. The van der Waals surface area contributed by atoms with E-state index in [1.165, 1.54) is 7.05 Å². The molecule has 0 aromatic heterocycles. The van der Waals surface area contributed by atoms with Crippen LogP contribution in [0.2, 0.25) is 0 Å². The molecule has 0 fully saturated rings. The van der Waals surface area contributed by atoms with Crippen molar-refractivity contribution in [3.8, 4) is 0 Å². The van der Waals surface area contributed by atoms with Gasteiger partial charge in [-0.3, -0.25) is 0 Å². The molecule has 0 bridgehead atoms. The fourth-order valence-corrected chi connectivity index (χ4v) is 1.28. The van der Waals surface area contributed by atoms with Gasteiger partial charge in [-0.1, -0.05) is 5.16 Å². The molecule has 0 saturated heterocycles. The molecule has 104 valence electrons. The van der Waals surface area contributed by atoms with E-state index in [2.05, 4.69) is 15.8 Å². The molecule has 0 radical (unpaired) electrons. The van der Waals surface area contributed by atoms with E-state index in [0.717, 1.165) is 12.1 Å². The summed E-state index contributed by atoms with van der Waals surface area (Å²) in [5.41, 5.74) is 4.06. The van der Waals surface area contributed by atoms with Gasteiger partial charge in [0.05, 0.1) is 11.3 Å². The summed E-state index contributed by atoms with van der Waals surface area (Å²) >= 11 is 0. The van der Waals surface area contributed by atoms with Crippen LogP contribution in [0.5, 0.6) is 0 Å². The third kappa shape index (κ3) is 3.50. The molecular weight excluding hydrogens is 265 g/mol. The van der Waals surface area contributed by atoms with Gasteiger partial charge in [0, 0.05) is 12.6 Å². The van der Waals surface area contributed by atoms with Gasteiger partial charge in [0.1, 0.15) is 0 Å². The van der Waals surface area contributed by atoms with E-state index in [0.29, 0.717) is 6.07 Å². The Balaban J connectivity index is 3.29. The first kappa shape index (κ1) is 14.6. The predicted molar refractivity (Wildman–Crippen MR) is 62.0 cm³/mol. The zero-order chi connectivity index (χ0) is 14.6. The normalized spacial score (nSPS) is 12.1. The van der Waals surface area contributed by atoms with Crippen molar-refractivity contribution in [2.45, 2.75) is 6.18 Å². The summed E-state index contributed by atoms with van der Waals surface area (Å²) in [5.74, 6) is -0.544. The smallest absolute Gasteiger partial charge is 0.409 e. The van der Waals surface area contributed by atoms with Crippen molar-refractivity contribution in [2.24, 2.45) is 10.9 Å². The van der Waals surface area contributed by atoms with E-state index in [1.807, 2.05) is 0 Å². The number of amidine groups is 1. The molecule has 0 saturated carbocycles. The molecule has 6 nitrogen and oxygen atoms in total. The van der Waals surface area contributed by atoms with Crippen LogP contribution in [0.15, 0.2) is 23.4 Å². The van der Waals surface area contributed by atoms with E-state index in [-0.39, 0.29) is 11.3 Å². The summed E-state index contributed by atoms with van der Waals surface area (Å²) in [4.78, 5) is 11.1. The van der Waals surface area contributed by atoms with Crippen LogP contribution < -0.4 is 16.4 Å². The molecule has 19 heavy (non-hydrogen) atoms. The van der Waals surface area contributed by atoms with Crippen LogP contribution >= 0.6 is 0 Å². The van der Waals surface area contributed by atoms with Gasteiger partial charge in [-0.2, -0.15) is 13.2 Å². The topological polar surface area (TPSA) is 99.7 Å². The summed E-state index contributed by atoms with van der Waals surface area (Å²) in [6.07, 6.45) is -4.57. The number of carbonyl (C=O) groups is 1. The first-order valence-electron chi connectivity index (χ1n) is 4.97. The minimum absolute atomic E-state index is 0.0114. The zero-order valence-electron chi connectivity index (χ0n) is 9.75. The van der Waals surface area contributed by atoms with Crippen molar-refractivity contribution >= 4 is 17.6 Å². The fraction of sp³-hybridized carbons (Fsp3) is 0.200. The summed E-state index contributed by atoms with van der Waals surface area (Å²) < 4.78 is 37.7. The minimum atomic E-state index is -4.57. The second kappa shape index (κ2) is 5.46. The number of hydrogen-bond acceptors (Lipinski definition) is 3. The summed E-state index contributed by atoms with van der Waals surface area (Å²) in [7, 11) is 1.34. The average molecular weight is 276 g/mol. The van der Waals surface area contributed by atoms with Gasteiger partial charge in [0.15, 0.2) is 5.84 Å². The predicted octanol–water partition coefficient (Wildman–Crippen LogP) is 1.55. The van der Waals surface area contributed by atoms with Crippen LogP contribution in [-0.4, -0.2) is 24.1 Å². The molecule has 9 heteroatoms. The number of nitrogens with zero attached hydrogens (tertiary/aromatic N) is 1. The van der Waals surface area contributed by atoms with Crippen molar-refractivity contribution in [3.05, 3.63) is 29.3 Å². The summed E-state index contributed by atoms with van der Waals surface area (Å²) in [6, 6.07) is 1.83. The van der Waals surface area contributed by atoms with E-state index < -0.39 is 23.6 Å². The quantitative estimate of drug-likeness (QED) is 0.285. The molecule has 0 aliphatic rings. The molecule has 0 spiro atoms. The van der Waals surface area contributed by atoms with Crippen LogP contribution in [0.3, 0.4) is 0 Å². The van der Waals surface area contributed by atoms with E-state index >= 15 is 0 Å². The molecule has 1 aromatic rings. The lowest BCUT2D eigenvalue weighted by atomic mass is 10.1. The number of urea groups is 1. The second-order valence-electron chi connectivity index (χ2n) is 3.45. The maximum Gasteiger partial charge on any atom is 0.416 e. The lowest BCUT2D eigenvalue weighted by Crippen LogP contribution is -2.27. The first-order valence-corrected chi connectivity index (χ1v) is 4.97. The Morgan fingerprint density at radius 3 is 2.53 bits per heavy atom. The number of alkyl halides is 3. The maximum absolute atomic E-state index is 12.6. The molecular formula is C10H11F3N4O2. The highest BCUT2D eigenvalue weighted by atomic mass is 19.4. The van der Waals surface area contributed by atoms with Crippen molar-refractivity contribution in [1.82, 2.24) is 5.32 Å². The van der Waals surface area contributed by atoms with Crippen LogP contribution in [0.4, 0.5) is 23.7 Å². The number of nitrogens with two attached hydrogens (primary N) is 1. The molecule has 1 rings (SSSR count).